The number of amides is 1. The Morgan fingerprint density at radius 2 is 2.09 bits per heavy atom. The summed E-state index contributed by atoms with van der Waals surface area (Å²) in [5, 5.41) is 6.56. The summed E-state index contributed by atoms with van der Waals surface area (Å²) in [6.07, 6.45) is -1.29. The summed E-state index contributed by atoms with van der Waals surface area (Å²) in [7, 11) is 0. The van der Waals surface area contributed by atoms with E-state index in [9.17, 15) is 18.0 Å². The predicted molar refractivity (Wildman–Crippen MR) is 84.9 cm³/mol. The quantitative estimate of drug-likeness (QED) is 0.755. The Balaban J connectivity index is 2.64. The van der Waals surface area contributed by atoms with Crippen molar-refractivity contribution in [1.29, 1.82) is 0 Å². The lowest BCUT2D eigenvalue weighted by Crippen LogP contribution is -2.16. The van der Waals surface area contributed by atoms with Gasteiger partial charge in [0.15, 0.2) is 0 Å². The van der Waals surface area contributed by atoms with E-state index >= 15 is 0 Å². The Bertz CT molecular complexity index is 710. The lowest BCUT2D eigenvalue weighted by molar-refractivity contribution is -0.137. The fourth-order valence-corrected chi connectivity index (χ4v) is 2.41. The first-order valence-electron chi connectivity index (χ1n) is 6.45. The molecule has 118 valence electrons. The minimum Gasteiger partial charge on any atom is -0.326 e. The first-order chi connectivity index (χ1) is 10.2. The summed E-state index contributed by atoms with van der Waals surface area (Å²) >= 11 is 1.97. The zero-order chi connectivity index (χ0) is 16.5. The van der Waals surface area contributed by atoms with Crippen molar-refractivity contribution in [3.05, 3.63) is 39.2 Å². The lowest BCUT2D eigenvalue weighted by atomic mass is 10.0. The molecule has 0 aliphatic carbocycles. The van der Waals surface area contributed by atoms with Gasteiger partial charge >= 0.3 is 6.18 Å². The SMILES string of the molecule is CCC(=O)Nc1ccc(C(F)(F)F)c(-n2cc(I)cn2)c1C. The molecular formula is C14H13F3IN3O. The maximum absolute atomic E-state index is 13.3. The van der Waals surface area contributed by atoms with Crippen LogP contribution in [-0.2, 0) is 11.0 Å². The van der Waals surface area contributed by atoms with Gasteiger partial charge in [-0.1, -0.05) is 6.92 Å². The molecule has 0 spiro atoms. The molecule has 1 amide bonds. The zero-order valence-corrected chi connectivity index (χ0v) is 14.0. The van der Waals surface area contributed by atoms with Crippen LogP contribution in [-0.4, -0.2) is 15.7 Å². The molecule has 2 rings (SSSR count). The Morgan fingerprint density at radius 1 is 1.41 bits per heavy atom. The molecule has 0 aliphatic rings. The van der Waals surface area contributed by atoms with Gasteiger partial charge in [-0.25, -0.2) is 4.68 Å². The second kappa shape index (κ2) is 6.27. The van der Waals surface area contributed by atoms with E-state index < -0.39 is 11.7 Å². The van der Waals surface area contributed by atoms with Gasteiger partial charge in [0.2, 0.25) is 5.91 Å². The molecule has 1 aromatic carbocycles. The molecule has 1 N–H and O–H groups in total. The van der Waals surface area contributed by atoms with Crippen LogP contribution in [0.3, 0.4) is 0 Å². The van der Waals surface area contributed by atoms with Gasteiger partial charge < -0.3 is 5.32 Å². The van der Waals surface area contributed by atoms with E-state index in [4.69, 9.17) is 0 Å². The highest BCUT2D eigenvalue weighted by atomic mass is 127. The number of carbonyl (C=O) groups excluding carboxylic acids is 1. The highest BCUT2D eigenvalue weighted by molar-refractivity contribution is 14.1. The molecule has 4 nitrogen and oxygen atoms in total. The second-order valence-electron chi connectivity index (χ2n) is 4.64. The van der Waals surface area contributed by atoms with Gasteiger partial charge in [0.05, 0.1) is 21.0 Å². The van der Waals surface area contributed by atoms with Crippen LogP contribution in [0.1, 0.15) is 24.5 Å². The van der Waals surface area contributed by atoms with Gasteiger partial charge in [-0.2, -0.15) is 18.3 Å². The summed E-state index contributed by atoms with van der Waals surface area (Å²) in [4.78, 5) is 11.5. The number of hydrogen-bond acceptors (Lipinski definition) is 2. The van der Waals surface area contributed by atoms with E-state index in [-0.39, 0.29) is 18.0 Å². The van der Waals surface area contributed by atoms with Gasteiger partial charge in [-0.05, 0) is 47.2 Å². The number of rotatable bonds is 3. The Hall–Kier alpha value is -1.58. The first-order valence-corrected chi connectivity index (χ1v) is 7.53. The standard InChI is InChI=1S/C14H13F3IN3O/c1-3-12(22)20-11-5-4-10(14(15,16)17)13(8(11)2)21-7-9(18)6-19-21/h4-7H,3H2,1-2H3,(H,20,22). The summed E-state index contributed by atoms with van der Waals surface area (Å²) in [5.74, 6) is -0.260. The van der Waals surface area contributed by atoms with Crippen molar-refractivity contribution < 1.29 is 18.0 Å². The average molecular weight is 423 g/mol. The monoisotopic (exact) mass is 423 g/mol. The van der Waals surface area contributed by atoms with Crippen LogP contribution >= 0.6 is 22.6 Å². The largest absolute Gasteiger partial charge is 0.418 e. The van der Waals surface area contributed by atoms with Crippen LogP contribution in [0, 0.1) is 10.5 Å². The van der Waals surface area contributed by atoms with Crippen LogP contribution in [0.25, 0.3) is 5.69 Å². The third kappa shape index (κ3) is 3.42. The maximum atomic E-state index is 13.3. The average Bonchev–Trinajstić information content (AvgIpc) is 2.85. The van der Waals surface area contributed by atoms with Crippen molar-refractivity contribution in [3.63, 3.8) is 0 Å². The van der Waals surface area contributed by atoms with Crippen molar-refractivity contribution in [2.75, 3.05) is 5.32 Å². The number of benzene rings is 1. The third-order valence-electron chi connectivity index (χ3n) is 3.11. The number of anilines is 1. The fraction of sp³-hybridized carbons (Fsp3) is 0.286. The molecule has 8 heteroatoms. The van der Waals surface area contributed by atoms with Gasteiger partial charge in [0, 0.05) is 18.3 Å². The van der Waals surface area contributed by atoms with Gasteiger partial charge in [0.25, 0.3) is 0 Å². The number of alkyl halides is 3. The molecular weight excluding hydrogens is 410 g/mol. The topological polar surface area (TPSA) is 46.9 Å². The van der Waals surface area contributed by atoms with Crippen LogP contribution in [0.15, 0.2) is 24.5 Å². The van der Waals surface area contributed by atoms with Crippen molar-refractivity contribution in [2.24, 2.45) is 0 Å². The van der Waals surface area contributed by atoms with E-state index in [1.165, 1.54) is 30.1 Å². The molecule has 22 heavy (non-hydrogen) atoms. The molecule has 0 saturated carbocycles. The normalized spacial score (nSPS) is 11.5. The number of nitrogens with zero attached hydrogens (tertiary/aromatic N) is 2. The summed E-state index contributed by atoms with van der Waals surface area (Å²) in [5.41, 5.74) is -0.209. The summed E-state index contributed by atoms with van der Waals surface area (Å²) < 4.78 is 41.7. The zero-order valence-electron chi connectivity index (χ0n) is 11.8. The number of nitrogens with one attached hydrogen (secondary N) is 1. The van der Waals surface area contributed by atoms with Crippen molar-refractivity contribution in [1.82, 2.24) is 9.78 Å². The predicted octanol–water partition coefficient (Wildman–Crippen LogP) is 4.15. The first kappa shape index (κ1) is 16.8. The third-order valence-corrected chi connectivity index (χ3v) is 3.67. The Morgan fingerprint density at radius 3 is 2.59 bits per heavy atom. The van der Waals surface area contributed by atoms with E-state index in [0.29, 0.717) is 14.8 Å². The van der Waals surface area contributed by atoms with Crippen molar-refractivity contribution >= 4 is 34.2 Å². The van der Waals surface area contributed by atoms with Gasteiger partial charge in [0.1, 0.15) is 0 Å². The van der Waals surface area contributed by atoms with E-state index in [2.05, 4.69) is 10.4 Å². The summed E-state index contributed by atoms with van der Waals surface area (Å²) in [6, 6.07) is 2.23. The van der Waals surface area contributed by atoms with Crippen LogP contribution < -0.4 is 5.32 Å². The van der Waals surface area contributed by atoms with Gasteiger partial charge in [-0.3, -0.25) is 4.79 Å². The van der Waals surface area contributed by atoms with Crippen LogP contribution in [0.5, 0.6) is 0 Å². The minimum absolute atomic E-state index is 0.0793. The molecule has 0 unspecified atom stereocenters. The Labute approximate surface area is 138 Å². The number of aromatic nitrogens is 2. The highest BCUT2D eigenvalue weighted by Gasteiger charge is 2.35. The summed E-state index contributed by atoms with van der Waals surface area (Å²) in [6.45, 7) is 3.20. The van der Waals surface area contributed by atoms with E-state index in [1.807, 2.05) is 22.6 Å². The van der Waals surface area contributed by atoms with Gasteiger partial charge in [-0.15, -0.1) is 0 Å². The molecule has 0 aliphatic heterocycles. The van der Waals surface area contributed by atoms with Crippen LogP contribution in [0.2, 0.25) is 0 Å². The fourth-order valence-electron chi connectivity index (χ4n) is 2.02. The Kier molecular flexibility index (Phi) is 4.78. The molecule has 2 aromatic rings. The van der Waals surface area contributed by atoms with E-state index in [0.717, 1.165) is 6.07 Å². The van der Waals surface area contributed by atoms with Crippen LogP contribution in [0.4, 0.5) is 18.9 Å². The number of hydrogen-bond donors (Lipinski definition) is 1. The minimum atomic E-state index is -4.51. The lowest BCUT2D eigenvalue weighted by Gasteiger charge is -2.18. The number of carbonyl (C=O) groups is 1. The maximum Gasteiger partial charge on any atom is 0.418 e. The molecule has 0 saturated heterocycles. The molecule has 0 atom stereocenters. The second-order valence-corrected chi connectivity index (χ2v) is 5.88. The molecule has 0 bridgehead atoms. The molecule has 1 aromatic heterocycles. The van der Waals surface area contributed by atoms with Crippen molar-refractivity contribution in [2.45, 2.75) is 26.4 Å². The smallest absolute Gasteiger partial charge is 0.326 e. The number of halogens is 4. The van der Waals surface area contributed by atoms with Crippen molar-refractivity contribution in [3.8, 4) is 5.69 Å². The molecule has 0 radical (unpaired) electrons. The molecule has 0 fully saturated rings. The highest BCUT2D eigenvalue weighted by Crippen LogP contribution is 2.37. The van der Waals surface area contributed by atoms with E-state index in [1.54, 1.807) is 6.92 Å². The molecule has 1 heterocycles.